The Morgan fingerprint density at radius 1 is 1.46 bits per heavy atom. The average Bonchev–Trinajstić information content (AvgIpc) is 2.53. The third kappa shape index (κ3) is 1.68. The molecule has 4 nitrogen and oxygen atoms in total. The highest BCUT2D eigenvalue weighted by molar-refractivity contribution is 9.10. The molecule has 0 saturated carbocycles. The fraction of sp³-hybridized carbons (Fsp3) is 0. The van der Waals surface area contributed by atoms with Gasteiger partial charge in [0.1, 0.15) is 5.01 Å². The minimum absolute atomic E-state index is 0.309. The van der Waals surface area contributed by atoms with Gasteiger partial charge in [0.2, 0.25) is 5.95 Å². The van der Waals surface area contributed by atoms with Gasteiger partial charge in [-0.25, -0.2) is 0 Å². The predicted molar refractivity (Wildman–Crippen MR) is 55.3 cm³/mol. The molecule has 2 rings (SSSR count). The van der Waals surface area contributed by atoms with E-state index >= 15 is 0 Å². The normalized spacial score (nSPS) is 10.2. The first kappa shape index (κ1) is 8.58. The van der Waals surface area contributed by atoms with E-state index in [0.29, 0.717) is 5.95 Å². The number of nitrogen functional groups attached to an aromatic ring is 1. The van der Waals surface area contributed by atoms with Gasteiger partial charge in [-0.05, 0) is 33.5 Å². The maximum absolute atomic E-state index is 5.42. The number of hydrogen-bond donors (Lipinski definition) is 1. The first-order valence-electron chi connectivity index (χ1n) is 3.46. The van der Waals surface area contributed by atoms with Crippen LogP contribution < -0.4 is 5.73 Å². The van der Waals surface area contributed by atoms with Gasteiger partial charge in [0.15, 0.2) is 0 Å². The molecule has 0 radical (unpaired) electrons. The van der Waals surface area contributed by atoms with Gasteiger partial charge in [-0.3, -0.25) is 4.98 Å². The molecular weight excluding hydrogens is 252 g/mol. The summed E-state index contributed by atoms with van der Waals surface area (Å²) in [4.78, 5) is 8.02. The van der Waals surface area contributed by atoms with Crippen LogP contribution in [0.3, 0.4) is 0 Å². The molecular formula is C7H5BrN4S. The predicted octanol–water partition coefficient (Wildman–Crippen LogP) is 1.94. The number of hydrogen-bond acceptors (Lipinski definition) is 5. The second-order valence-electron chi connectivity index (χ2n) is 2.31. The van der Waals surface area contributed by atoms with Gasteiger partial charge in [0, 0.05) is 22.4 Å². The zero-order valence-electron chi connectivity index (χ0n) is 6.44. The van der Waals surface area contributed by atoms with Gasteiger partial charge in [0.25, 0.3) is 0 Å². The monoisotopic (exact) mass is 256 g/mol. The van der Waals surface area contributed by atoms with Gasteiger partial charge in [-0.2, -0.15) is 9.36 Å². The molecule has 2 aromatic rings. The molecule has 2 aromatic heterocycles. The zero-order valence-corrected chi connectivity index (χ0v) is 8.84. The van der Waals surface area contributed by atoms with Crippen molar-refractivity contribution in [2.75, 3.05) is 5.73 Å². The summed E-state index contributed by atoms with van der Waals surface area (Å²) in [5.41, 5.74) is 6.39. The van der Waals surface area contributed by atoms with E-state index in [1.807, 2.05) is 6.07 Å². The van der Waals surface area contributed by atoms with Crippen molar-refractivity contribution in [1.29, 1.82) is 0 Å². The number of aromatic nitrogens is 3. The third-order valence-electron chi connectivity index (χ3n) is 1.44. The van der Waals surface area contributed by atoms with Crippen LogP contribution in [-0.2, 0) is 0 Å². The third-order valence-corrected chi connectivity index (χ3v) is 2.84. The van der Waals surface area contributed by atoms with Crippen LogP contribution in [0.4, 0.5) is 5.95 Å². The smallest absolute Gasteiger partial charge is 0.232 e. The molecule has 66 valence electrons. The molecule has 0 amide bonds. The van der Waals surface area contributed by atoms with Crippen LogP contribution >= 0.6 is 27.5 Å². The molecule has 0 aliphatic carbocycles. The highest BCUT2D eigenvalue weighted by Gasteiger charge is 2.07. The summed E-state index contributed by atoms with van der Waals surface area (Å²) in [6, 6.07) is 1.87. The lowest BCUT2D eigenvalue weighted by Gasteiger charge is -1.96. The highest BCUT2D eigenvalue weighted by Crippen LogP contribution is 2.28. The van der Waals surface area contributed by atoms with E-state index in [-0.39, 0.29) is 0 Å². The minimum atomic E-state index is 0.309. The summed E-state index contributed by atoms with van der Waals surface area (Å²) in [5.74, 6) is 0.309. The van der Waals surface area contributed by atoms with E-state index in [0.717, 1.165) is 15.0 Å². The van der Waals surface area contributed by atoms with Crippen LogP contribution in [0, 0.1) is 0 Å². The second-order valence-corrected chi connectivity index (χ2v) is 3.92. The summed E-state index contributed by atoms with van der Waals surface area (Å²) < 4.78 is 4.80. The van der Waals surface area contributed by atoms with Gasteiger partial charge in [0.05, 0.1) is 0 Å². The average molecular weight is 257 g/mol. The van der Waals surface area contributed by atoms with Crippen molar-refractivity contribution >= 4 is 33.4 Å². The number of rotatable bonds is 1. The van der Waals surface area contributed by atoms with Crippen LogP contribution in [0.5, 0.6) is 0 Å². The largest absolute Gasteiger partial charge is 0.367 e. The maximum atomic E-state index is 5.42. The Bertz CT molecular complexity index is 428. The molecule has 0 unspecified atom stereocenters. The molecule has 6 heteroatoms. The van der Waals surface area contributed by atoms with Crippen LogP contribution in [0.2, 0.25) is 0 Å². The Morgan fingerprint density at radius 2 is 2.31 bits per heavy atom. The molecule has 0 spiro atoms. The molecule has 0 aliphatic heterocycles. The molecule has 2 N–H and O–H groups in total. The fourth-order valence-corrected chi connectivity index (χ4v) is 2.09. The maximum Gasteiger partial charge on any atom is 0.232 e. The van der Waals surface area contributed by atoms with Gasteiger partial charge >= 0.3 is 0 Å². The number of pyridine rings is 1. The van der Waals surface area contributed by atoms with Gasteiger partial charge < -0.3 is 5.73 Å². The first-order chi connectivity index (χ1) is 6.27. The Hall–Kier alpha value is -1.01. The van der Waals surface area contributed by atoms with Crippen LogP contribution in [-0.4, -0.2) is 14.3 Å². The first-order valence-corrected chi connectivity index (χ1v) is 5.03. The number of nitrogens with two attached hydrogens (primary N) is 1. The summed E-state index contributed by atoms with van der Waals surface area (Å²) >= 11 is 4.65. The molecule has 0 aromatic carbocycles. The minimum Gasteiger partial charge on any atom is -0.367 e. The summed E-state index contributed by atoms with van der Waals surface area (Å²) in [7, 11) is 0. The van der Waals surface area contributed by atoms with E-state index in [1.54, 1.807) is 12.4 Å². The van der Waals surface area contributed by atoms with Gasteiger partial charge in [-0.15, -0.1) is 0 Å². The van der Waals surface area contributed by atoms with Gasteiger partial charge in [-0.1, -0.05) is 0 Å². The molecule has 0 atom stereocenters. The lowest BCUT2D eigenvalue weighted by atomic mass is 10.3. The fourth-order valence-electron chi connectivity index (χ4n) is 0.893. The van der Waals surface area contributed by atoms with Crippen LogP contribution in [0.25, 0.3) is 10.6 Å². The summed E-state index contributed by atoms with van der Waals surface area (Å²) in [5, 5.41) is 0.798. The van der Waals surface area contributed by atoms with Crippen molar-refractivity contribution in [3.8, 4) is 10.6 Å². The van der Waals surface area contributed by atoms with E-state index in [2.05, 4.69) is 30.3 Å². The van der Waals surface area contributed by atoms with Crippen molar-refractivity contribution in [2.45, 2.75) is 0 Å². The Morgan fingerprint density at radius 3 is 2.92 bits per heavy atom. The molecule has 0 fully saturated rings. The van der Waals surface area contributed by atoms with E-state index < -0.39 is 0 Å². The van der Waals surface area contributed by atoms with E-state index in [9.17, 15) is 0 Å². The van der Waals surface area contributed by atoms with Crippen molar-refractivity contribution in [3.63, 3.8) is 0 Å². The highest BCUT2D eigenvalue weighted by atomic mass is 79.9. The lowest BCUT2D eigenvalue weighted by molar-refractivity contribution is 1.29. The Balaban J connectivity index is 2.52. The standard InChI is InChI=1S/C7H5BrN4S/c8-5-3-10-2-1-4(5)6-11-7(9)12-13-6/h1-3H,(H2,9,12). The second kappa shape index (κ2) is 3.39. The zero-order chi connectivity index (χ0) is 9.26. The van der Waals surface area contributed by atoms with Crippen molar-refractivity contribution in [3.05, 3.63) is 22.9 Å². The molecule has 0 aliphatic rings. The molecule has 13 heavy (non-hydrogen) atoms. The Labute approximate surface area is 87.1 Å². The number of nitrogens with zero attached hydrogens (tertiary/aromatic N) is 3. The molecule has 0 saturated heterocycles. The summed E-state index contributed by atoms with van der Waals surface area (Å²) in [6.45, 7) is 0. The summed E-state index contributed by atoms with van der Waals surface area (Å²) in [6.07, 6.45) is 3.42. The number of halogens is 1. The number of anilines is 1. The van der Waals surface area contributed by atoms with Crippen molar-refractivity contribution in [1.82, 2.24) is 14.3 Å². The Kier molecular flexibility index (Phi) is 2.24. The van der Waals surface area contributed by atoms with Crippen LogP contribution in [0.15, 0.2) is 22.9 Å². The quantitative estimate of drug-likeness (QED) is 0.847. The molecule has 0 bridgehead atoms. The van der Waals surface area contributed by atoms with E-state index in [4.69, 9.17) is 5.73 Å². The SMILES string of the molecule is Nc1nsc(-c2ccncc2Br)n1. The lowest BCUT2D eigenvalue weighted by Crippen LogP contribution is -1.86. The van der Waals surface area contributed by atoms with Crippen molar-refractivity contribution in [2.24, 2.45) is 0 Å². The topological polar surface area (TPSA) is 64.7 Å². The molecule has 2 heterocycles. The van der Waals surface area contributed by atoms with Crippen molar-refractivity contribution < 1.29 is 0 Å². The van der Waals surface area contributed by atoms with E-state index in [1.165, 1.54) is 11.5 Å². The van der Waals surface area contributed by atoms with Crippen LogP contribution in [0.1, 0.15) is 0 Å².